The van der Waals surface area contributed by atoms with E-state index in [9.17, 15) is 9.59 Å². The summed E-state index contributed by atoms with van der Waals surface area (Å²) in [7, 11) is 3.58. The van der Waals surface area contributed by atoms with Gasteiger partial charge in [0.25, 0.3) is 5.91 Å². The van der Waals surface area contributed by atoms with Crippen molar-refractivity contribution in [3.8, 4) is 0 Å². The van der Waals surface area contributed by atoms with Crippen LogP contribution in [0.5, 0.6) is 0 Å². The maximum atomic E-state index is 13.3. The lowest BCUT2D eigenvalue weighted by Crippen LogP contribution is -2.29. The van der Waals surface area contributed by atoms with Crippen molar-refractivity contribution >= 4 is 17.4 Å². The molecule has 0 saturated heterocycles. The molecule has 1 aromatic heterocycles. The van der Waals surface area contributed by atoms with Crippen LogP contribution >= 0.6 is 0 Å². The Kier molecular flexibility index (Phi) is 5.25. The molecule has 1 aliphatic rings. The van der Waals surface area contributed by atoms with Crippen LogP contribution in [0.25, 0.3) is 0 Å². The molecule has 1 amide bonds. The monoisotopic (exact) mass is 353 g/mol. The largest absolute Gasteiger partial charge is 0.309 e. The van der Waals surface area contributed by atoms with E-state index in [1.807, 2.05) is 13.1 Å². The minimum Gasteiger partial charge on any atom is -0.309 e. The van der Waals surface area contributed by atoms with Crippen LogP contribution in [-0.2, 0) is 26.3 Å². The summed E-state index contributed by atoms with van der Waals surface area (Å²) in [6.45, 7) is 4.20. The van der Waals surface area contributed by atoms with Crippen molar-refractivity contribution in [3.05, 3.63) is 46.3 Å². The molecule has 0 radical (unpaired) electrons. The van der Waals surface area contributed by atoms with E-state index in [0.29, 0.717) is 17.8 Å². The van der Waals surface area contributed by atoms with Gasteiger partial charge in [0.05, 0.1) is 5.69 Å². The number of hydrogen-bond donors (Lipinski definition) is 0. The molecule has 0 N–H and O–H groups in total. The molecule has 5 heteroatoms. The molecule has 0 fully saturated rings. The highest BCUT2D eigenvalue weighted by Crippen LogP contribution is 2.29. The highest BCUT2D eigenvalue weighted by molar-refractivity contribution is 6.08. The van der Waals surface area contributed by atoms with Crippen molar-refractivity contribution in [2.75, 3.05) is 11.9 Å². The number of aromatic nitrogens is 2. The van der Waals surface area contributed by atoms with Gasteiger partial charge in [-0.05, 0) is 43.2 Å². The van der Waals surface area contributed by atoms with Crippen LogP contribution in [0.3, 0.4) is 0 Å². The summed E-state index contributed by atoms with van der Waals surface area (Å²) in [5, 5.41) is 4.45. The summed E-state index contributed by atoms with van der Waals surface area (Å²) >= 11 is 0. The van der Waals surface area contributed by atoms with E-state index in [0.717, 1.165) is 54.5 Å². The predicted molar refractivity (Wildman–Crippen MR) is 103 cm³/mol. The number of fused-ring (bicyclic) bond motifs is 1. The number of benzene rings is 1. The molecule has 138 valence electrons. The summed E-state index contributed by atoms with van der Waals surface area (Å²) in [6, 6.07) is 6.19. The number of aryl methyl sites for hydroxylation is 3. The van der Waals surface area contributed by atoms with Crippen LogP contribution < -0.4 is 4.90 Å². The SMILES string of the molecule is CCc1cccc(CC)c1N(C)C(=O)c1nn(C)c2c1CCCCC2=O. The van der Waals surface area contributed by atoms with E-state index in [1.165, 1.54) is 0 Å². The fraction of sp³-hybridized carbons (Fsp3) is 0.476. The van der Waals surface area contributed by atoms with Gasteiger partial charge in [-0.2, -0.15) is 5.10 Å². The number of carbonyl (C=O) groups excluding carboxylic acids is 2. The fourth-order valence-corrected chi connectivity index (χ4v) is 3.94. The first-order chi connectivity index (χ1) is 12.5. The molecular weight excluding hydrogens is 326 g/mol. The lowest BCUT2D eigenvalue weighted by Gasteiger charge is -2.23. The second-order valence-electron chi connectivity index (χ2n) is 6.93. The van der Waals surface area contributed by atoms with Crippen LogP contribution in [0.4, 0.5) is 5.69 Å². The number of amides is 1. The van der Waals surface area contributed by atoms with Gasteiger partial charge in [-0.3, -0.25) is 14.3 Å². The van der Waals surface area contributed by atoms with E-state index >= 15 is 0 Å². The molecule has 1 aliphatic carbocycles. The van der Waals surface area contributed by atoms with Gasteiger partial charge >= 0.3 is 0 Å². The van der Waals surface area contributed by atoms with Crippen LogP contribution in [0.1, 0.15) is 70.8 Å². The quantitative estimate of drug-likeness (QED) is 0.787. The second-order valence-corrected chi connectivity index (χ2v) is 6.93. The zero-order chi connectivity index (χ0) is 18.8. The first-order valence-electron chi connectivity index (χ1n) is 9.47. The van der Waals surface area contributed by atoms with Crippen molar-refractivity contribution < 1.29 is 9.59 Å². The topological polar surface area (TPSA) is 55.2 Å². The van der Waals surface area contributed by atoms with Gasteiger partial charge in [-0.25, -0.2) is 0 Å². The average molecular weight is 353 g/mol. The van der Waals surface area contributed by atoms with Crippen LogP contribution in [0.15, 0.2) is 18.2 Å². The Morgan fingerprint density at radius 1 is 1.15 bits per heavy atom. The molecule has 0 atom stereocenters. The zero-order valence-corrected chi connectivity index (χ0v) is 16.1. The van der Waals surface area contributed by atoms with Crippen molar-refractivity contribution in [3.63, 3.8) is 0 Å². The summed E-state index contributed by atoms with van der Waals surface area (Å²) in [5.74, 6) is -0.0374. The third-order valence-corrected chi connectivity index (χ3v) is 5.30. The standard InChI is InChI=1S/C21H27N3O2/c1-5-14-10-9-11-15(6-2)19(14)23(3)21(26)18-16-12-7-8-13-17(25)20(16)24(4)22-18/h9-11H,5-8,12-13H2,1-4H3. The maximum Gasteiger partial charge on any atom is 0.278 e. The van der Waals surface area contributed by atoms with Crippen molar-refractivity contribution in [1.82, 2.24) is 9.78 Å². The van der Waals surface area contributed by atoms with E-state index in [-0.39, 0.29) is 11.7 Å². The molecule has 0 aliphatic heterocycles. The molecule has 2 aromatic rings. The molecule has 1 aromatic carbocycles. The number of anilines is 1. The summed E-state index contributed by atoms with van der Waals surface area (Å²) in [5.41, 5.74) is 5.13. The zero-order valence-electron chi connectivity index (χ0n) is 16.1. The number of rotatable bonds is 4. The summed E-state index contributed by atoms with van der Waals surface area (Å²) < 4.78 is 1.59. The molecule has 3 rings (SSSR count). The summed E-state index contributed by atoms with van der Waals surface area (Å²) in [6.07, 6.45) is 4.78. The van der Waals surface area contributed by atoms with E-state index in [4.69, 9.17) is 0 Å². The van der Waals surface area contributed by atoms with Crippen LogP contribution in [-0.4, -0.2) is 28.5 Å². The normalized spacial score (nSPS) is 14.1. The van der Waals surface area contributed by atoms with Crippen molar-refractivity contribution in [2.45, 2.75) is 52.4 Å². The Morgan fingerprint density at radius 2 is 1.77 bits per heavy atom. The van der Waals surface area contributed by atoms with E-state index in [2.05, 4.69) is 31.1 Å². The fourth-order valence-electron chi connectivity index (χ4n) is 3.94. The Morgan fingerprint density at radius 3 is 2.38 bits per heavy atom. The molecule has 0 unspecified atom stereocenters. The highest BCUT2D eigenvalue weighted by Gasteiger charge is 2.30. The molecule has 0 saturated carbocycles. The third-order valence-electron chi connectivity index (χ3n) is 5.30. The number of hydrogen-bond acceptors (Lipinski definition) is 3. The van der Waals surface area contributed by atoms with Gasteiger partial charge in [0, 0.05) is 26.1 Å². The van der Waals surface area contributed by atoms with Gasteiger partial charge in [-0.15, -0.1) is 0 Å². The number of carbonyl (C=O) groups is 2. The number of para-hydroxylation sites is 1. The Hall–Kier alpha value is -2.43. The van der Waals surface area contributed by atoms with Crippen molar-refractivity contribution in [1.29, 1.82) is 0 Å². The van der Waals surface area contributed by atoms with Gasteiger partial charge in [-0.1, -0.05) is 32.0 Å². The van der Waals surface area contributed by atoms with E-state index < -0.39 is 0 Å². The lowest BCUT2D eigenvalue weighted by molar-refractivity contribution is 0.0969. The molecule has 0 spiro atoms. The number of Topliss-reactive ketones (excluding diaryl/α,β-unsaturated/α-hetero) is 1. The first kappa shape index (κ1) is 18.4. The molecule has 0 bridgehead atoms. The molecule has 5 nitrogen and oxygen atoms in total. The number of ketones is 1. The first-order valence-corrected chi connectivity index (χ1v) is 9.47. The Bertz CT molecular complexity index is 829. The smallest absolute Gasteiger partial charge is 0.278 e. The van der Waals surface area contributed by atoms with Crippen LogP contribution in [0.2, 0.25) is 0 Å². The average Bonchev–Trinajstić information content (AvgIpc) is 2.86. The van der Waals surface area contributed by atoms with Gasteiger partial charge in [0.15, 0.2) is 11.5 Å². The highest BCUT2D eigenvalue weighted by atomic mass is 16.2. The predicted octanol–water partition coefficient (Wildman–Crippen LogP) is 3.73. The summed E-state index contributed by atoms with van der Waals surface area (Å²) in [4.78, 5) is 27.5. The minimum atomic E-state index is -0.132. The van der Waals surface area contributed by atoms with E-state index in [1.54, 1.807) is 16.6 Å². The molecular formula is C21H27N3O2. The molecule has 1 heterocycles. The van der Waals surface area contributed by atoms with Gasteiger partial charge in [0.1, 0.15) is 5.69 Å². The minimum absolute atomic E-state index is 0.0948. The van der Waals surface area contributed by atoms with Gasteiger partial charge < -0.3 is 4.90 Å². The number of nitrogens with zero attached hydrogens (tertiary/aromatic N) is 3. The lowest BCUT2D eigenvalue weighted by atomic mass is 10.0. The van der Waals surface area contributed by atoms with Crippen molar-refractivity contribution in [2.24, 2.45) is 7.05 Å². The Labute approximate surface area is 155 Å². The maximum absolute atomic E-state index is 13.3. The third kappa shape index (κ3) is 3.06. The van der Waals surface area contributed by atoms with Gasteiger partial charge in [0.2, 0.25) is 0 Å². The second kappa shape index (κ2) is 7.44. The molecule has 26 heavy (non-hydrogen) atoms. The Balaban J connectivity index is 2.06. The van der Waals surface area contributed by atoms with Crippen LogP contribution in [0, 0.1) is 0 Å².